The maximum absolute atomic E-state index is 15.1. The number of aromatic nitrogens is 5. The third-order valence-electron chi connectivity index (χ3n) is 7.11. The van der Waals surface area contributed by atoms with E-state index in [4.69, 9.17) is 15.6 Å². The van der Waals surface area contributed by atoms with Crippen LogP contribution in [0.2, 0.25) is 0 Å². The molecule has 0 aliphatic rings. The number of rotatable bonds is 7. The molecule has 214 valence electrons. The molecule has 0 radical (unpaired) electrons. The highest BCUT2D eigenvalue weighted by molar-refractivity contribution is 7.37. The summed E-state index contributed by atoms with van der Waals surface area (Å²) < 4.78 is 24.1. The number of benzene rings is 2. The number of ether oxygens (including phenoxy) is 1. The van der Waals surface area contributed by atoms with Gasteiger partial charge in [0.05, 0.1) is 17.0 Å². The Kier molecular flexibility index (Phi) is 7.84. The van der Waals surface area contributed by atoms with Crippen molar-refractivity contribution in [2.45, 2.75) is 31.9 Å². The van der Waals surface area contributed by atoms with Gasteiger partial charge in [0, 0.05) is 16.6 Å². The van der Waals surface area contributed by atoms with E-state index < -0.39 is 5.82 Å². The molecular weight excluding hydrogens is 608 g/mol. The van der Waals surface area contributed by atoms with Gasteiger partial charge in [0.2, 0.25) is 0 Å². The lowest BCUT2D eigenvalue weighted by Crippen LogP contribution is -2.22. The molecule has 13 heteroatoms. The summed E-state index contributed by atoms with van der Waals surface area (Å²) in [4.78, 5) is 23.7. The predicted molar refractivity (Wildman–Crippen MR) is 178 cm³/mol. The zero-order chi connectivity index (χ0) is 29.7. The lowest BCUT2D eigenvalue weighted by molar-refractivity contribution is 0.343. The van der Waals surface area contributed by atoms with Gasteiger partial charge in [-0.15, -0.1) is 20.6 Å². The smallest absolute Gasteiger partial charge is 0.264 e. The van der Waals surface area contributed by atoms with Crippen LogP contribution in [0.15, 0.2) is 65.0 Å². The molecule has 42 heavy (non-hydrogen) atoms. The molecule has 8 nitrogen and oxygen atoms in total. The summed E-state index contributed by atoms with van der Waals surface area (Å²) >= 11 is 1.51. The standard InChI is InChI=1S/C29H28FN6O2P3S/c1-3-20(18-11-22-35(14(2)12-42-22)28(37)23(18)15-5-4-6-17(39)9-15)36-27-24(26(31)32-13-33-27)25(34-36)16-7-8-21(19(30)10-16)38-29(40)41/h4-13,20,29H,3,39-41H2,1-2H3,(H2,31,32,33)/t20-/m0/s1. The first-order chi connectivity index (χ1) is 20.2. The van der Waals surface area contributed by atoms with Crippen molar-refractivity contribution in [1.82, 2.24) is 24.1 Å². The summed E-state index contributed by atoms with van der Waals surface area (Å²) in [6.45, 7) is 3.96. The summed E-state index contributed by atoms with van der Waals surface area (Å²) in [5, 5.41) is 8.43. The van der Waals surface area contributed by atoms with Crippen LogP contribution in [0, 0.1) is 12.7 Å². The maximum atomic E-state index is 15.1. The number of aryl methyl sites for hydroxylation is 1. The van der Waals surface area contributed by atoms with Crippen molar-refractivity contribution in [2.24, 2.45) is 0 Å². The van der Waals surface area contributed by atoms with E-state index in [1.54, 1.807) is 21.2 Å². The molecule has 0 saturated carbocycles. The topological polar surface area (TPSA) is 100 Å². The summed E-state index contributed by atoms with van der Waals surface area (Å²) in [5.74, 6) is -0.181. The van der Waals surface area contributed by atoms with Gasteiger partial charge in [0.25, 0.3) is 5.56 Å². The fourth-order valence-electron chi connectivity index (χ4n) is 5.30. The largest absolute Gasteiger partial charge is 0.480 e. The lowest BCUT2D eigenvalue weighted by Gasteiger charge is -2.21. The van der Waals surface area contributed by atoms with Gasteiger partial charge in [0.1, 0.15) is 28.3 Å². The van der Waals surface area contributed by atoms with E-state index in [2.05, 4.69) is 43.8 Å². The maximum Gasteiger partial charge on any atom is 0.264 e. The van der Waals surface area contributed by atoms with Gasteiger partial charge in [0.15, 0.2) is 17.2 Å². The van der Waals surface area contributed by atoms with Crippen molar-refractivity contribution < 1.29 is 9.13 Å². The predicted octanol–water partition coefficient (Wildman–Crippen LogP) is 5.78. The minimum Gasteiger partial charge on any atom is -0.480 e. The second-order valence-electron chi connectivity index (χ2n) is 9.86. The Morgan fingerprint density at radius 1 is 1.12 bits per heavy atom. The van der Waals surface area contributed by atoms with E-state index in [1.807, 2.05) is 43.5 Å². The molecule has 0 saturated heterocycles. The SMILES string of the molecule is CC[C@@H](c1cc2scc(C)n2c(=O)c1-c1cccc(P)c1)n1nc(-c2ccc(OC(P)P)c(F)c2)c2c(N)ncnc21. The Morgan fingerprint density at radius 2 is 1.93 bits per heavy atom. The van der Waals surface area contributed by atoms with Crippen molar-refractivity contribution in [2.75, 3.05) is 5.73 Å². The van der Waals surface area contributed by atoms with Crippen LogP contribution in [-0.2, 0) is 0 Å². The highest BCUT2D eigenvalue weighted by atomic mass is 32.1. The Hall–Kier alpha value is -3.28. The van der Waals surface area contributed by atoms with Crippen LogP contribution < -0.4 is 21.3 Å². The minimum absolute atomic E-state index is 0.0970. The van der Waals surface area contributed by atoms with Crippen molar-refractivity contribution in [3.8, 4) is 28.1 Å². The molecule has 4 atom stereocenters. The van der Waals surface area contributed by atoms with Crippen molar-refractivity contribution in [1.29, 1.82) is 0 Å². The summed E-state index contributed by atoms with van der Waals surface area (Å²) in [5.41, 5.74) is 10.5. The van der Waals surface area contributed by atoms with Crippen LogP contribution >= 0.6 is 39.1 Å². The van der Waals surface area contributed by atoms with Gasteiger partial charge < -0.3 is 10.5 Å². The summed E-state index contributed by atoms with van der Waals surface area (Å²) in [7, 11) is 7.59. The first-order valence-electron chi connectivity index (χ1n) is 13.1. The molecule has 4 aromatic heterocycles. The van der Waals surface area contributed by atoms with E-state index in [-0.39, 0.29) is 28.8 Å². The van der Waals surface area contributed by atoms with Crippen LogP contribution in [0.5, 0.6) is 5.75 Å². The Labute approximate surface area is 252 Å². The molecule has 0 spiro atoms. The third-order valence-corrected chi connectivity index (χ3v) is 8.74. The van der Waals surface area contributed by atoms with Gasteiger partial charge in [-0.3, -0.25) is 9.20 Å². The van der Waals surface area contributed by atoms with Gasteiger partial charge in [-0.25, -0.2) is 19.0 Å². The Balaban J connectivity index is 1.61. The zero-order valence-corrected chi connectivity index (χ0v) is 27.1. The number of anilines is 1. The van der Waals surface area contributed by atoms with E-state index in [0.29, 0.717) is 34.3 Å². The normalized spacial score (nSPS) is 12.5. The van der Waals surface area contributed by atoms with Crippen LogP contribution in [0.1, 0.15) is 30.6 Å². The van der Waals surface area contributed by atoms with Crippen LogP contribution in [0.3, 0.4) is 0 Å². The summed E-state index contributed by atoms with van der Waals surface area (Å²) in [6, 6.07) is 14.2. The highest BCUT2D eigenvalue weighted by Gasteiger charge is 2.27. The van der Waals surface area contributed by atoms with Crippen molar-refractivity contribution in [3.05, 3.63) is 87.7 Å². The number of pyridine rings is 1. The van der Waals surface area contributed by atoms with Crippen LogP contribution in [0.25, 0.3) is 38.2 Å². The molecule has 2 aromatic carbocycles. The highest BCUT2D eigenvalue weighted by Crippen LogP contribution is 2.38. The molecule has 3 unspecified atom stereocenters. The van der Waals surface area contributed by atoms with Crippen molar-refractivity contribution in [3.63, 3.8) is 0 Å². The van der Waals surface area contributed by atoms with Gasteiger partial charge in [-0.1, -0.05) is 43.6 Å². The quantitative estimate of drug-likeness (QED) is 0.223. The molecule has 0 bridgehead atoms. The van der Waals surface area contributed by atoms with Crippen molar-refractivity contribution >= 4 is 66.0 Å². The number of nitrogens with zero attached hydrogens (tertiary/aromatic N) is 5. The van der Waals surface area contributed by atoms with Crippen LogP contribution in [-0.4, -0.2) is 29.7 Å². The lowest BCUT2D eigenvalue weighted by atomic mass is 9.95. The monoisotopic (exact) mass is 636 g/mol. The molecule has 0 amide bonds. The first-order valence-corrected chi connectivity index (χ1v) is 15.9. The second-order valence-corrected chi connectivity index (χ2v) is 13.5. The van der Waals surface area contributed by atoms with E-state index in [9.17, 15) is 4.79 Å². The minimum atomic E-state index is -0.529. The van der Waals surface area contributed by atoms with E-state index in [0.717, 1.165) is 27.0 Å². The molecule has 0 fully saturated rings. The molecule has 0 aliphatic heterocycles. The van der Waals surface area contributed by atoms with Gasteiger partial charge >= 0.3 is 0 Å². The zero-order valence-electron chi connectivity index (χ0n) is 22.8. The van der Waals surface area contributed by atoms with Gasteiger partial charge in [-0.2, -0.15) is 5.10 Å². The average Bonchev–Trinajstić information content (AvgIpc) is 3.52. The number of hydrogen-bond donors (Lipinski definition) is 1. The number of thiazole rings is 1. The average molecular weight is 637 g/mol. The molecule has 4 heterocycles. The first kappa shape index (κ1) is 28.8. The van der Waals surface area contributed by atoms with Crippen LogP contribution in [0.4, 0.5) is 10.2 Å². The number of halogens is 1. The molecule has 6 aromatic rings. The molecule has 6 rings (SSSR count). The fourth-order valence-corrected chi connectivity index (χ4v) is 6.81. The number of nitrogen functional groups attached to an aromatic ring is 1. The number of nitrogens with two attached hydrogens (primary N) is 1. The van der Waals surface area contributed by atoms with E-state index in [1.165, 1.54) is 23.7 Å². The fraction of sp³-hybridized carbons (Fsp3) is 0.172. The number of fused-ring (bicyclic) bond motifs is 2. The molecular formula is C29H28FN6O2P3S. The third kappa shape index (κ3) is 5.01. The second kappa shape index (κ2) is 11.4. The Morgan fingerprint density at radius 3 is 2.64 bits per heavy atom. The molecule has 0 aliphatic carbocycles. The number of hydrogen-bond acceptors (Lipinski definition) is 7. The Bertz CT molecular complexity index is 2040. The summed E-state index contributed by atoms with van der Waals surface area (Å²) in [6.07, 6.45) is 1.99. The molecule has 2 N–H and O–H groups in total. The van der Waals surface area contributed by atoms with E-state index >= 15 is 4.39 Å². The van der Waals surface area contributed by atoms with Gasteiger partial charge in [-0.05, 0) is 60.1 Å².